The second kappa shape index (κ2) is 8.92. The van der Waals surface area contributed by atoms with Gasteiger partial charge in [-0.3, -0.25) is 13.9 Å². The Morgan fingerprint density at radius 2 is 1.86 bits per heavy atom. The number of hydrogen-bond donors (Lipinski definition) is 1. The Bertz CT molecular complexity index is 935. The van der Waals surface area contributed by atoms with Gasteiger partial charge in [-0.05, 0) is 18.6 Å². The summed E-state index contributed by atoms with van der Waals surface area (Å²) in [5, 5.41) is 0. The lowest BCUT2D eigenvalue weighted by Crippen LogP contribution is -2.47. The van der Waals surface area contributed by atoms with E-state index in [9.17, 15) is 14.0 Å². The van der Waals surface area contributed by atoms with Gasteiger partial charge in [0.2, 0.25) is 0 Å². The van der Waals surface area contributed by atoms with E-state index in [-0.39, 0.29) is 24.7 Å². The average molecular weight is 392 g/mol. The molecular weight excluding hydrogens is 367 g/mol. The molecular formula is C19H25FN4O4. The number of anilines is 2. The van der Waals surface area contributed by atoms with Crippen LogP contribution in [-0.4, -0.2) is 42.0 Å². The van der Waals surface area contributed by atoms with Gasteiger partial charge >= 0.3 is 5.69 Å². The number of para-hydroxylation sites is 1. The van der Waals surface area contributed by atoms with Gasteiger partial charge in [-0.1, -0.05) is 19.1 Å². The van der Waals surface area contributed by atoms with Gasteiger partial charge in [-0.25, -0.2) is 9.18 Å². The van der Waals surface area contributed by atoms with Crippen molar-refractivity contribution in [3.05, 3.63) is 50.9 Å². The van der Waals surface area contributed by atoms with Crippen LogP contribution in [0.4, 0.5) is 15.9 Å². The van der Waals surface area contributed by atoms with Crippen molar-refractivity contribution in [2.75, 3.05) is 43.5 Å². The molecule has 3 rings (SSSR count). The highest BCUT2D eigenvalue weighted by Gasteiger charge is 2.23. The summed E-state index contributed by atoms with van der Waals surface area (Å²) in [6.07, 6.45) is 0.691. The number of benzene rings is 1. The summed E-state index contributed by atoms with van der Waals surface area (Å²) >= 11 is 0. The molecule has 1 aliphatic heterocycles. The van der Waals surface area contributed by atoms with E-state index in [2.05, 4.69) is 0 Å². The van der Waals surface area contributed by atoms with E-state index >= 15 is 0 Å². The summed E-state index contributed by atoms with van der Waals surface area (Å²) in [5.41, 5.74) is 5.55. The van der Waals surface area contributed by atoms with E-state index in [0.717, 1.165) is 4.57 Å². The smallest absolute Gasteiger partial charge is 0.332 e. The summed E-state index contributed by atoms with van der Waals surface area (Å²) in [7, 11) is 0. The highest BCUT2D eigenvalue weighted by molar-refractivity contribution is 5.62. The monoisotopic (exact) mass is 392 g/mol. The van der Waals surface area contributed by atoms with Crippen LogP contribution in [0.15, 0.2) is 33.9 Å². The van der Waals surface area contributed by atoms with Crippen LogP contribution in [0.2, 0.25) is 0 Å². The van der Waals surface area contributed by atoms with Crippen LogP contribution in [0.1, 0.15) is 13.3 Å². The third kappa shape index (κ3) is 4.04. The molecule has 2 heterocycles. The van der Waals surface area contributed by atoms with Crippen LogP contribution in [0, 0.1) is 5.82 Å². The molecule has 1 saturated heterocycles. The number of hydrogen-bond acceptors (Lipinski definition) is 6. The number of nitrogens with zero attached hydrogens (tertiary/aromatic N) is 3. The van der Waals surface area contributed by atoms with Crippen LogP contribution in [0.5, 0.6) is 5.75 Å². The molecule has 2 N–H and O–H groups in total. The maximum Gasteiger partial charge on any atom is 0.332 e. The van der Waals surface area contributed by atoms with E-state index < -0.39 is 17.1 Å². The molecule has 0 aliphatic carbocycles. The summed E-state index contributed by atoms with van der Waals surface area (Å²) in [6.45, 7) is 4.32. The zero-order valence-corrected chi connectivity index (χ0v) is 15.9. The second-order valence-corrected chi connectivity index (χ2v) is 6.50. The molecule has 1 aromatic carbocycles. The van der Waals surface area contributed by atoms with Crippen molar-refractivity contribution in [1.82, 2.24) is 9.13 Å². The molecule has 0 amide bonds. The molecule has 2 aromatic rings. The Balaban J connectivity index is 1.92. The molecule has 0 saturated carbocycles. The van der Waals surface area contributed by atoms with Crippen molar-refractivity contribution in [3.8, 4) is 5.75 Å². The molecule has 28 heavy (non-hydrogen) atoms. The fraction of sp³-hybridized carbons (Fsp3) is 0.474. The minimum Gasteiger partial charge on any atom is -0.489 e. The first-order valence-corrected chi connectivity index (χ1v) is 9.37. The lowest BCUT2D eigenvalue weighted by molar-refractivity contribution is 0.122. The maximum atomic E-state index is 13.7. The van der Waals surface area contributed by atoms with Gasteiger partial charge in [0.05, 0.1) is 19.8 Å². The van der Waals surface area contributed by atoms with Crippen molar-refractivity contribution in [3.63, 3.8) is 0 Å². The Morgan fingerprint density at radius 1 is 1.14 bits per heavy atom. The molecule has 9 heteroatoms. The van der Waals surface area contributed by atoms with Gasteiger partial charge in [0.25, 0.3) is 5.56 Å². The third-order valence-corrected chi connectivity index (χ3v) is 4.63. The number of ether oxygens (including phenoxy) is 2. The number of nitrogens with two attached hydrogens (primary N) is 1. The first-order chi connectivity index (χ1) is 13.5. The molecule has 0 radical (unpaired) electrons. The highest BCUT2D eigenvalue weighted by Crippen LogP contribution is 2.19. The normalized spacial score (nSPS) is 14.3. The number of halogens is 1. The topological polar surface area (TPSA) is 91.7 Å². The van der Waals surface area contributed by atoms with E-state index in [1.54, 1.807) is 12.1 Å². The van der Waals surface area contributed by atoms with Gasteiger partial charge in [0, 0.05) is 19.6 Å². The Morgan fingerprint density at radius 3 is 2.54 bits per heavy atom. The van der Waals surface area contributed by atoms with Crippen LogP contribution in [-0.2, 0) is 17.8 Å². The summed E-state index contributed by atoms with van der Waals surface area (Å²) in [5.74, 6) is -0.247. The zero-order valence-electron chi connectivity index (χ0n) is 15.9. The molecule has 0 atom stereocenters. The predicted octanol–water partition coefficient (Wildman–Crippen LogP) is 1.06. The Hall–Kier alpha value is -2.81. The average Bonchev–Trinajstić information content (AvgIpc) is 2.70. The molecule has 152 valence electrons. The van der Waals surface area contributed by atoms with Crippen LogP contribution in [0.3, 0.4) is 0 Å². The van der Waals surface area contributed by atoms with E-state index in [0.29, 0.717) is 45.0 Å². The lowest BCUT2D eigenvalue weighted by Gasteiger charge is -2.30. The van der Waals surface area contributed by atoms with Crippen molar-refractivity contribution in [2.45, 2.75) is 26.4 Å². The van der Waals surface area contributed by atoms with Gasteiger partial charge in [0.1, 0.15) is 18.1 Å². The number of rotatable bonds is 7. The largest absolute Gasteiger partial charge is 0.489 e. The van der Waals surface area contributed by atoms with Crippen LogP contribution < -0.4 is 26.6 Å². The fourth-order valence-corrected chi connectivity index (χ4v) is 3.23. The lowest BCUT2D eigenvalue weighted by atomic mass is 10.3. The SMILES string of the molecule is CCCn1c(N)c(N2CCOCC2)c(=O)n(CCOc2ccccc2F)c1=O. The summed E-state index contributed by atoms with van der Waals surface area (Å²) < 4.78 is 27.0. The van der Waals surface area contributed by atoms with Crippen LogP contribution >= 0.6 is 0 Å². The first-order valence-electron chi connectivity index (χ1n) is 9.37. The minimum atomic E-state index is -0.496. The summed E-state index contributed by atoms with van der Waals surface area (Å²) in [6, 6.07) is 5.99. The third-order valence-electron chi connectivity index (χ3n) is 4.63. The fourth-order valence-electron chi connectivity index (χ4n) is 3.23. The highest BCUT2D eigenvalue weighted by atomic mass is 19.1. The standard InChI is InChI=1S/C19H25FN4O4/c1-2-7-23-17(21)16(22-8-11-27-12-9-22)18(25)24(19(23)26)10-13-28-15-6-4-3-5-14(15)20/h3-6H,2,7-13,21H2,1H3. The van der Waals surface area contributed by atoms with E-state index in [1.807, 2.05) is 11.8 Å². The quantitative estimate of drug-likeness (QED) is 0.758. The number of aromatic nitrogens is 2. The van der Waals surface area contributed by atoms with Crippen molar-refractivity contribution >= 4 is 11.5 Å². The molecule has 0 unspecified atom stereocenters. The van der Waals surface area contributed by atoms with Crippen molar-refractivity contribution < 1.29 is 13.9 Å². The van der Waals surface area contributed by atoms with Gasteiger partial charge < -0.3 is 20.1 Å². The molecule has 1 fully saturated rings. The first kappa shape index (κ1) is 19.9. The van der Waals surface area contributed by atoms with Gasteiger partial charge in [-0.15, -0.1) is 0 Å². The van der Waals surface area contributed by atoms with E-state index in [4.69, 9.17) is 15.2 Å². The molecule has 1 aliphatic rings. The predicted molar refractivity (Wildman–Crippen MR) is 105 cm³/mol. The maximum absolute atomic E-state index is 13.7. The Labute approximate surface area is 161 Å². The minimum absolute atomic E-state index is 0.00661. The molecule has 0 bridgehead atoms. The van der Waals surface area contributed by atoms with Crippen molar-refractivity contribution in [2.24, 2.45) is 0 Å². The van der Waals surface area contributed by atoms with Crippen molar-refractivity contribution in [1.29, 1.82) is 0 Å². The molecule has 1 aromatic heterocycles. The van der Waals surface area contributed by atoms with Gasteiger partial charge in [-0.2, -0.15) is 0 Å². The summed E-state index contributed by atoms with van der Waals surface area (Å²) in [4.78, 5) is 27.7. The van der Waals surface area contributed by atoms with Gasteiger partial charge in [0.15, 0.2) is 11.6 Å². The molecule has 8 nitrogen and oxygen atoms in total. The number of morpholine rings is 1. The second-order valence-electron chi connectivity index (χ2n) is 6.50. The Kier molecular flexibility index (Phi) is 6.35. The van der Waals surface area contributed by atoms with E-state index in [1.165, 1.54) is 16.7 Å². The number of nitrogen functional groups attached to an aromatic ring is 1. The molecule has 0 spiro atoms. The zero-order chi connectivity index (χ0) is 20.1. The van der Waals surface area contributed by atoms with Crippen LogP contribution in [0.25, 0.3) is 0 Å².